The number of nitrogens with zero attached hydrogens (tertiary/aromatic N) is 1. The van der Waals surface area contributed by atoms with Crippen molar-refractivity contribution in [2.24, 2.45) is 0 Å². The standard InChI is InChI=1S/C17H19N3S/c1-10-8-14(12(3)21-10)11(2)20-17-13-6-4-5-7-16(13)19-9-15(17)18/h4-9,11H,18H2,1-3H3,(H,19,20). The zero-order chi connectivity index (χ0) is 15.0. The average molecular weight is 297 g/mol. The summed E-state index contributed by atoms with van der Waals surface area (Å²) >= 11 is 1.83. The van der Waals surface area contributed by atoms with Crippen LogP contribution >= 0.6 is 11.3 Å². The van der Waals surface area contributed by atoms with E-state index in [1.54, 1.807) is 6.20 Å². The molecule has 0 aliphatic heterocycles. The number of fused-ring (bicyclic) bond motifs is 1. The van der Waals surface area contributed by atoms with E-state index in [-0.39, 0.29) is 6.04 Å². The normalized spacial score (nSPS) is 12.5. The van der Waals surface area contributed by atoms with Gasteiger partial charge in [-0.15, -0.1) is 11.3 Å². The lowest BCUT2D eigenvalue weighted by molar-refractivity contribution is 0.884. The first-order chi connectivity index (χ1) is 10.1. The van der Waals surface area contributed by atoms with E-state index in [9.17, 15) is 0 Å². The quantitative estimate of drug-likeness (QED) is 0.738. The van der Waals surface area contributed by atoms with E-state index in [4.69, 9.17) is 5.73 Å². The zero-order valence-electron chi connectivity index (χ0n) is 12.5. The first-order valence-electron chi connectivity index (χ1n) is 7.03. The minimum Gasteiger partial charge on any atom is -0.396 e. The third kappa shape index (κ3) is 2.59. The predicted octanol–water partition coefficient (Wildman–Crippen LogP) is 4.67. The van der Waals surface area contributed by atoms with E-state index in [1.165, 1.54) is 15.3 Å². The molecule has 0 radical (unpaired) electrons. The molecule has 108 valence electrons. The molecule has 21 heavy (non-hydrogen) atoms. The SMILES string of the molecule is Cc1cc(C(C)Nc2c(N)cnc3ccccc23)c(C)s1. The number of nitrogen functional groups attached to an aromatic ring is 1. The van der Waals surface area contributed by atoms with E-state index in [1.807, 2.05) is 29.5 Å². The molecule has 2 aromatic heterocycles. The Labute approximate surface area is 128 Å². The Morgan fingerprint density at radius 3 is 2.71 bits per heavy atom. The highest BCUT2D eigenvalue weighted by Crippen LogP contribution is 2.33. The molecule has 0 spiro atoms. The van der Waals surface area contributed by atoms with Crippen molar-refractivity contribution in [2.45, 2.75) is 26.8 Å². The van der Waals surface area contributed by atoms with Crippen LogP contribution in [0, 0.1) is 13.8 Å². The lowest BCUT2D eigenvalue weighted by Gasteiger charge is -2.18. The summed E-state index contributed by atoms with van der Waals surface area (Å²) in [6.45, 7) is 6.48. The van der Waals surface area contributed by atoms with Crippen LogP contribution in [0.5, 0.6) is 0 Å². The fraction of sp³-hybridized carbons (Fsp3) is 0.235. The minimum atomic E-state index is 0.211. The molecule has 3 aromatic rings. The van der Waals surface area contributed by atoms with Crippen molar-refractivity contribution in [3.8, 4) is 0 Å². The number of aromatic nitrogens is 1. The second-order valence-corrected chi connectivity index (χ2v) is 6.80. The smallest absolute Gasteiger partial charge is 0.0743 e. The lowest BCUT2D eigenvalue weighted by atomic mass is 10.1. The van der Waals surface area contributed by atoms with Crippen molar-refractivity contribution >= 4 is 33.6 Å². The van der Waals surface area contributed by atoms with Gasteiger partial charge in [-0.3, -0.25) is 4.98 Å². The highest BCUT2D eigenvalue weighted by Gasteiger charge is 2.14. The molecule has 1 unspecified atom stereocenters. The molecule has 3 N–H and O–H groups in total. The Morgan fingerprint density at radius 2 is 2.00 bits per heavy atom. The maximum atomic E-state index is 6.13. The Balaban J connectivity index is 2.01. The number of anilines is 2. The largest absolute Gasteiger partial charge is 0.396 e. The molecule has 1 atom stereocenters. The number of pyridine rings is 1. The highest BCUT2D eigenvalue weighted by atomic mass is 32.1. The number of nitrogens with two attached hydrogens (primary N) is 1. The molecular formula is C17H19N3S. The maximum absolute atomic E-state index is 6.13. The van der Waals surface area contributed by atoms with Gasteiger partial charge in [-0.1, -0.05) is 18.2 Å². The molecule has 0 aliphatic rings. The lowest BCUT2D eigenvalue weighted by Crippen LogP contribution is -2.09. The average Bonchev–Trinajstić information content (AvgIpc) is 2.81. The van der Waals surface area contributed by atoms with Crippen LogP contribution < -0.4 is 11.1 Å². The van der Waals surface area contributed by atoms with Gasteiger partial charge in [-0.25, -0.2) is 0 Å². The molecule has 0 fully saturated rings. The molecule has 2 heterocycles. The minimum absolute atomic E-state index is 0.211. The number of hydrogen-bond donors (Lipinski definition) is 2. The van der Waals surface area contributed by atoms with Crippen molar-refractivity contribution in [3.63, 3.8) is 0 Å². The number of nitrogens with one attached hydrogen (secondary N) is 1. The van der Waals surface area contributed by atoms with E-state index >= 15 is 0 Å². The van der Waals surface area contributed by atoms with Gasteiger partial charge in [0.1, 0.15) is 0 Å². The van der Waals surface area contributed by atoms with E-state index in [0.29, 0.717) is 5.69 Å². The number of benzene rings is 1. The van der Waals surface area contributed by atoms with Gasteiger partial charge in [-0.05, 0) is 38.5 Å². The van der Waals surface area contributed by atoms with Crippen LogP contribution in [0.15, 0.2) is 36.5 Å². The third-order valence-corrected chi connectivity index (χ3v) is 4.69. The Kier molecular flexibility index (Phi) is 3.55. The van der Waals surface area contributed by atoms with Crippen molar-refractivity contribution in [1.29, 1.82) is 0 Å². The molecule has 0 saturated heterocycles. The van der Waals surface area contributed by atoms with Crippen LogP contribution in [0.3, 0.4) is 0 Å². The number of para-hydroxylation sites is 1. The summed E-state index contributed by atoms with van der Waals surface area (Å²) in [5.74, 6) is 0. The Morgan fingerprint density at radius 1 is 1.24 bits per heavy atom. The topological polar surface area (TPSA) is 50.9 Å². The van der Waals surface area contributed by atoms with Crippen molar-refractivity contribution < 1.29 is 0 Å². The molecule has 3 rings (SSSR count). The highest BCUT2D eigenvalue weighted by molar-refractivity contribution is 7.12. The fourth-order valence-corrected chi connectivity index (χ4v) is 3.71. The van der Waals surface area contributed by atoms with E-state index in [0.717, 1.165) is 16.6 Å². The van der Waals surface area contributed by atoms with Crippen molar-refractivity contribution in [1.82, 2.24) is 4.98 Å². The van der Waals surface area contributed by atoms with Crippen LogP contribution in [0.1, 0.15) is 28.3 Å². The van der Waals surface area contributed by atoms with Gasteiger partial charge < -0.3 is 11.1 Å². The fourth-order valence-electron chi connectivity index (χ4n) is 2.69. The summed E-state index contributed by atoms with van der Waals surface area (Å²) < 4.78 is 0. The molecule has 1 aromatic carbocycles. The molecule has 0 saturated carbocycles. The maximum Gasteiger partial charge on any atom is 0.0743 e. The second kappa shape index (κ2) is 5.37. The van der Waals surface area contributed by atoms with Crippen LogP contribution in [0.2, 0.25) is 0 Å². The van der Waals surface area contributed by atoms with Gasteiger partial charge in [0.15, 0.2) is 0 Å². The van der Waals surface area contributed by atoms with Crippen LogP contribution in [-0.4, -0.2) is 4.98 Å². The number of hydrogen-bond acceptors (Lipinski definition) is 4. The molecule has 0 amide bonds. The van der Waals surface area contributed by atoms with Crippen LogP contribution in [0.25, 0.3) is 10.9 Å². The van der Waals surface area contributed by atoms with Gasteiger partial charge in [0.2, 0.25) is 0 Å². The van der Waals surface area contributed by atoms with E-state index < -0.39 is 0 Å². The first-order valence-corrected chi connectivity index (χ1v) is 7.84. The van der Waals surface area contributed by atoms with Crippen LogP contribution in [-0.2, 0) is 0 Å². The number of thiophene rings is 1. The second-order valence-electron chi connectivity index (χ2n) is 5.34. The monoisotopic (exact) mass is 297 g/mol. The Bertz CT molecular complexity index is 792. The number of rotatable bonds is 3. The summed E-state index contributed by atoms with van der Waals surface area (Å²) in [5.41, 5.74) is 10.1. The summed E-state index contributed by atoms with van der Waals surface area (Å²) in [4.78, 5) is 7.07. The van der Waals surface area contributed by atoms with Gasteiger partial charge in [0, 0.05) is 21.2 Å². The summed E-state index contributed by atoms with van der Waals surface area (Å²) in [6.07, 6.45) is 1.73. The van der Waals surface area contributed by atoms with E-state index in [2.05, 4.69) is 43.2 Å². The molecule has 0 aliphatic carbocycles. The molecule has 4 heteroatoms. The van der Waals surface area contributed by atoms with Crippen molar-refractivity contribution in [2.75, 3.05) is 11.1 Å². The molecule has 3 nitrogen and oxygen atoms in total. The van der Waals surface area contributed by atoms with Gasteiger partial charge >= 0.3 is 0 Å². The Hall–Kier alpha value is -2.07. The predicted molar refractivity (Wildman–Crippen MR) is 92.0 cm³/mol. The van der Waals surface area contributed by atoms with Gasteiger partial charge in [-0.2, -0.15) is 0 Å². The van der Waals surface area contributed by atoms with Crippen molar-refractivity contribution in [3.05, 3.63) is 51.8 Å². The van der Waals surface area contributed by atoms with Gasteiger partial charge in [0.25, 0.3) is 0 Å². The first kappa shape index (κ1) is 13.9. The molecule has 0 bridgehead atoms. The molecular weight excluding hydrogens is 278 g/mol. The number of aryl methyl sites for hydroxylation is 2. The summed E-state index contributed by atoms with van der Waals surface area (Å²) in [5, 5.41) is 4.63. The summed E-state index contributed by atoms with van der Waals surface area (Å²) in [6, 6.07) is 10.5. The summed E-state index contributed by atoms with van der Waals surface area (Å²) in [7, 11) is 0. The third-order valence-electron chi connectivity index (χ3n) is 3.71. The zero-order valence-corrected chi connectivity index (χ0v) is 13.3. The van der Waals surface area contributed by atoms with Gasteiger partial charge in [0.05, 0.1) is 23.1 Å². The van der Waals surface area contributed by atoms with Crippen LogP contribution in [0.4, 0.5) is 11.4 Å².